The molecule has 9 aromatic carbocycles. The van der Waals surface area contributed by atoms with Gasteiger partial charge in [0.1, 0.15) is 0 Å². The van der Waals surface area contributed by atoms with E-state index in [2.05, 4.69) is 229 Å². The Hall–Kier alpha value is -7.68. The summed E-state index contributed by atoms with van der Waals surface area (Å²) in [6.07, 6.45) is 6.41. The van der Waals surface area contributed by atoms with Crippen molar-refractivity contribution in [2.75, 3.05) is 4.90 Å². The maximum Gasteiger partial charge on any atom is 0.0725 e. The average molecular weight is 765 g/mol. The van der Waals surface area contributed by atoms with Crippen LogP contribution in [-0.4, -0.2) is 4.57 Å². The summed E-state index contributed by atoms with van der Waals surface area (Å²) >= 11 is 0. The molecule has 0 amide bonds. The smallest absolute Gasteiger partial charge is 0.0725 e. The minimum absolute atomic E-state index is 0.410. The molecule has 2 heteroatoms. The van der Waals surface area contributed by atoms with Crippen LogP contribution in [0.3, 0.4) is 0 Å². The van der Waals surface area contributed by atoms with Crippen molar-refractivity contribution in [3.05, 3.63) is 240 Å². The molecule has 0 saturated carbocycles. The molecule has 12 rings (SSSR count). The van der Waals surface area contributed by atoms with E-state index in [1.54, 1.807) is 0 Å². The van der Waals surface area contributed by atoms with Gasteiger partial charge in [0, 0.05) is 33.4 Å². The number of aromatic nitrogens is 1. The normalized spacial score (nSPS) is 13.2. The fourth-order valence-corrected chi connectivity index (χ4v) is 10.7. The molecule has 60 heavy (non-hydrogen) atoms. The topological polar surface area (TPSA) is 8.17 Å². The van der Waals surface area contributed by atoms with Gasteiger partial charge in [-0.25, -0.2) is 0 Å². The van der Waals surface area contributed by atoms with Crippen molar-refractivity contribution >= 4 is 61.8 Å². The minimum Gasteiger partial charge on any atom is -0.310 e. The van der Waals surface area contributed by atoms with Crippen LogP contribution >= 0.6 is 0 Å². The summed E-state index contributed by atoms with van der Waals surface area (Å²) in [7, 11) is 0. The van der Waals surface area contributed by atoms with Gasteiger partial charge < -0.3 is 9.47 Å². The lowest BCUT2D eigenvalue weighted by Gasteiger charge is -2.32. The molecule has 0 radical (unpaired) electrons. The van der Waals surface area contributed by atoms with E-state index in [1.807, 2.05) is 6.08 Å². The molecule has 1 heterocycles. The monoisotopic (exact) mass is 764 g/mol. The molecule has 10 aromatic rings. The lowest BCUT2D eigenvalue weighted by atomic mass is 9.70. The van der Waals surface area contributed by atoms with Gasteiger partial charge in [-0.3, -0.25) is 0 Å². The van der Waals surface area contributed by atoms with Crippen LogP contribution in [0.1, 0.15) is 40.3 Å². The summed E-state index contributed by atoms with van der Waals surface area (Å²) in [5, 5.41) is 4.82. The van der Waals surface area contributed by atoms with Gasteiger partial charge >= 0.3 is 0 Å². The minimum atomic E-state index is -0.410. The van der Waals surface area contributed by atoms with Gasteiger partial charge in [0.2, 0.25) is 0 Å². The second kappa shape index (κ2) is 13.2. The Morgan fingerprint density at radius 1 is 0.467 bits per heavy atom. The highest BCUT2D eigenvalue weighted by atomic mass is 15.1. The van der Waals surface area contributed by atoms with Crippen molar-refractivity contribution < 1.29 is 0 Å². The Kier molecular flexibility index (Phi) is 7.55. The van der Waals surface area contributed by atoms with Crippen LogP contribution < -0.4 is 4.90 Å². The van der Waals surface area contributed by atoms with Gasteiger partial charge in [-0.2, -0.15) is 0 Å². The van der Waals surface area contributed by atoms with E-state index < -0.39 is 5.41 Å². The van der Waals surface area contributed by atoms with Gasteiger partial charge in [-0.05, 0) is 116 Å². The average Bonchev–Trinajstić information content (AvgIpc) is 3.91. The van der Waals surface area contributed by atoms with Crippen LogP contribution in [0.5, 0.6) is 0 Å². The van der Waals surface area contributed by atoms with E-state index in [9.17, 15) is 0 Å². The quantitative estimate of drug-likeness (QED) is 0.164. The molecule has 0 saturated heterocycles. The molecule has 282 valence electrons. The van der Waals surface area contributed by atoms with E-state index in [4.69, 9.17) is 0 Å². The molecular weight excluding hydrogens is 725 g/mol. The molecule has 1 spiro atoms. The van der Waals surface area contributed by atoms with Crippen LogP contribution in [0, 0.1) is 0 Å². The second-order valence-corrected chi connectivity index (χ2v) is 16.0. The van der Waals surface area contributed by atoms with Gasteiger partial charge in [0.05, 0.1) is 22.1 Å². The zero-order valence-corrected chi connectivity index (χ0v) is 33.3. The number of hydrogen-bond donors (Lipinski definition) is 0. The SMILES string of the molecule is C=Cc1c(/C=C\C)c(N(c2ccc3c(c2)-c2ccccc2C32c3ccccc3-c3ccccc32)c2ccc3c4ccccc4n(-c4ccccc4)c3c2)cc2ccccc12. The highest BCUT2D eigenvalue weighted by molar-refractivity contribution is 6.11. The Morgan fingerprint density at radius 3 is 1.72 bits per heavy atom. The highest BCUT2D eigenvalue weighted by Gasteiger charge is 2.51. The Labute approximate surface area is 350 Å². The number of nitrogens with zero attached hydrogens (tertiary/aromatic N) is 2. The zero-order chi connectivity index (χ0) is 40.0. The summed E-state index contributed by atoms with van der Waals surface area (Å²) in [4.78, 5) is 2.48. The standard InChI is InChI=1S/C58H40N2/c1-3-18-47-42(4-2)43-22-9-8-19-38(43)35-56(47)59(41-31-33-49-48-26-13-17-30-55(48)60(57(49)37-41)39-20-6-5-7-21-39)40-32-34-54-50(36-40)46-25-12-16-29-53(46)58(54)51-27-14-10-23-44(51)45-24-11-15-28-52(45)58/h3-37H,2H2,1H3/b18-3-. The first-order valence-electron chi connectivity index (χ1n) is 20.8. The molecule has 0 aliphatic heterocycles. The maximum absolute atomic E-state index is 4.37. The van der Waals surface area contributed by atoms with Crippen molar-refractivity contribution in [1.82, 2.24) is 4.57 Å². The molecule has 0 bridgehead atoms. The maximum atomic E-state index is 4.37. The van der Waals surface area contributed by atoms with E-state index in [0.717, 1.165) is 39.4 Å². The van der Waals surface area contributed by atoms with E-state index >= 15 is 0 Å². The number of benzene rings is 9. The Balaban J connectivity index is 1.17. The Morgan fingerprint density at radius 2 is 1.02 bits per heavy atom. The zero-order valence-electron chi connectivity index (χ0n) is 33.3. The molecule has 0 fully saturated rings. The lowest BCUT2D eigenvalue weighted by Crippen LogP contribution is -2.25. The molecule has 0 unspecified atom stereocenters. The van der Waals surface area contributed by atoms with Crippen molar-refractivity contribution in [3.63, 3.8) is 0 Å². The largest absolute Gasteiger partial charge is 0.310 e. The summed E-state index contributed by atoms with van der Waals surface area (Å²) in [6.45, 7) is 6.48. The number of para-hydroxylation sites is 2. The predicted octanol–water partition coefficient (Wildman–Crippen LogP) is 15.4. The molecule has 0 N–H and O–H groups in total. The van der Waals surface area contributed by atoms with Crippen molar-refractivity contribution in [2.45, 2.75) is 12.3 Å². The third-order valence-corrected chi connectivity index (χ3v) is 13.1. The van der Waals surface area contributed by atoms with Crippen LogP contribution in [0.25, 0.3) is 72.7 Å². The number of fused-ring (bicyclic) bond motifs is 14. The van der Waals surface area contributed by atoms with Crippen molar-refractivity contribution in [1.29, 1.82) is 0 Å². The van der Waals surface area contributed by atoms with Gasteiger partial charge in [0.15, 0.2) is 0 Å². The predicted molar refractivity (Wildman–Crippen MR) is 254 cm³/mol. The molecule has 2 aliphatic rings. The van der Waals surface area contributed by atoms with Crippen LogP contribution in [0.2, 0.25) is 0 Å². The fraction of sp³-hybridized carbons (Fsp3) is 0.0345. The van der Waals surface area contributed by atoms with Gasteiger partial charge in [-0.1, -0.05) is 170 Å². The van der Waals surface area contributed by atoms with E-state index in [0.29, 0.717) is 0 Å². The molecule has 2 nitrogen and oxygen atoms in total. The Bertz CT molecular complexity index is 3370. The van der Waals surface area contributed by atoms with Gasteiger partial charge in [-0.15, -0.1) is 0 Å². The molecule has 0 atom stereocenters. The van der Waals surface area contributed by atoms with Gasteiger partial charge in [0.25, 0.3) is 0 Å². The number of hydrogen-bond acceptors (Lipinski definition) is 1. The first-order chi connectivity index (χ1) is 29.7. The van der Waals surface area contributed by atoms with Crippen molar-refractivity contribution in [3.8, 4) is 27.9 Å². The molecular formula is C58H40N2. The van der Waals surface area contributed by atoms with Crippen LogP contribution in [0.4, 0.5) is 17.1 Å². The summed E-state index contributed by atoms with van der Waals surface area (Å²) in [5.41, 5.74) is 19.1. The summed E-state index contributed by atoms with van der Waals surface area (Å²) in [6, 6.07) is 71.9. The van der Waals surface area contributed by atoms with E-state index in [-0.39, 0.29) is 0 Å². The van der Waals surface area contributed by atoms with Crippen LogP contribution in [-0.2, 0) is 5.41 Å². The number of allylic oxidation sites excluding steroid dienone is 1. The number of rotatable bonds is 6. The first-order valence-corrected chi connectivity index (χ1v) is 20.8. The third-order valence-electron chi connectivity index (χ3n) is 13.1. The molecule has 2 aliphatic carbocycles. The number of anilines is 3. The van der Waals surface area contributed by atoms with Crippen LogP contribution in [0.15, 0.2) is 207 Å². The highest BCUT2D eigenvalue weighted by Crippen LogP contribution is 2.63. The fourth-order valence-electron chi connectivity index (χ4n) is 10.7. The summed E-state index contributed by atoms with van der Waals surface area (Å²) in [5.74, 6) is 0. The summed E-state index contributed by atoms with van der Waals surface area (Å²) < 4.78 is 2.41. The molecule has 1 aromatic heterocycles. The lowest BCUT2D eigenvalue weighted by molar-refractivity contribution is 0.794. The third kappa shape index (κ3) is 4.65. The van der Waals surface area contributed by atoms with E-state index in [1.165, 1.54) is 71.6 Å². The first kappa shape index (κ1) is 34.4. The van der Waals surface area contributed by atoms with Crippen molar-refractivity contribution in [2.24, 2.45) is 0 Å². The second-order valence-electron chi connectivity index (χ2n) is 16.0.